The quantitative estimate of drug-likeness (QED) is 0.500. The molecule has 0 unspecified atom stereocenters. The molecule has 3 nitrogen and oxygen atoms in total. The molecule has 0 N–H and O–H groups in total. The largest absolute Gasteiger partial charge is 0.261 e. The van der Waals surface area contributed by atoms with Gasteiger partial charge in [-0.25, -0.2) is 9.07 Å². The molecule has 0 spiro atoms. The molecule has 3 aromatic rings. The maximum Gasteiger partial charge on any atom is 0.205 e. The van der Waals surface area contributed by atoms with Crippen LogP contribution in [0.5, 0.6) is 0 Å². The number of halogens is 1. The van der Waals surface area contributed by atoms with Crippen molar-refractivity contribution >= 4 is 29.3 Å². The molecule has 0 saturated carbocycles. The topological polar surface area (TPSA) is 29.6 Å². The molecule has 2 aromatic carbocycles. The summed E-state index contributed by atoms with van der Waals surface area (Å²) >= 11 is 3.13. The third-order valence-corrected chi connectivity index (χ3v) is 5.12. The van der Waals surface area contributed by atoms with Crippen molar-refractivity contribution in [3.05, 3.63) is 70.1 Å². The molecule has 0 atom stereocenters. The number of thiazole rings is 1. The van der Waals surface area contributed by atoms with E-state index in [4.69, 9.17) is 0 Å². The first-order valence-corrected chi connectivity index (χ1v) is 9.40. The van der Waals surface area contributed by atoms with Crippen molar-refractivity contribution in [2.45, 2.75) is 4.90 Å². The minimum Gasteiger partial charge on any atom is -0.261 e. The van der Waals surface area contributed by atoms with Gasteiger partial charge in [-0.05, 0) is 36.1 Å². The molecular formula is C18H16FN3S2. The van der Waals surface area contributed by atoms with Gasteiger partial charge in [-0.1, -0.05) is 24.3 Å². The van der Waals surface area contributed by atoms with Gasteiger partial charge in [-0.2, -0.15) is 5.10 Å². The van der Waals surface area contributed by atoms with Crippen LogP contribution in [0.3, 0.4) is 0 Å². The molecule has 1 aromatic heterocycles. The summed E-state index contributed by atoms with van der Waals surface area (Å²) in [7, 11) is 1.70. The summed E-state index contributed by atoms with van der Waals surface area (Å²) in [4.78, 5) is 6.14. The van der Waals surface area contributed by atoms with Crippen molar-refractivity contribution < 1.29 is 4.39 Å². The van der Waals surface area contributed by atoms with Gasteiger partial charge in [-0.15, -0.1) is 23.1 Å². The third-order valence-electron chi connectivity index (χ3n) is 3.46. The van der Waals surface area contributed by atoms with Crippen LogP contribution in [0.2, 0.25) is 0 Å². The lowest BCUT2D eigenvalue weighted by Gasteiger charge is -2.04. The first-order chi connectivity index (χ1) is 11.7. The Balaban J connectivity index is 2.02. The molecule has 122 valence electrons. The molecule has 0 bridgehead atoms. The van der Waals surface area contributed by atoms with Gasteiger partial charge in [0.2, 0.25) is 4.80 Å². The number of hydrogen-bond donors (Lipinski definition) is 0. The fraction of sp³-hybridized carbons (Fsp3) is 0.111. The number of aromatic nitrogens is 1. The van der Waals surface area contributed by atoms with Crippen LogP contribution in [0.4, 0.5) is 4.39 Å². The Morgan fingerprint density at radius 2 is 1.88 bits per heavy atom. The number of nitrogens with zero attached hydrogens (tertiary/aromatic N) is 3. The molecule has 0 aliphatic rings. The van der Waals surface area contributed by atoms with Crippen LogP contribution < -0.4 is 4.80 Å². The van der Waals surface area contributed by atoms with E-state index in [0.29, 0.717) is 16.1 Å². The Morgan fingerprint density at radius 3 is 2.54 bits per heavy atom. The first-order valence-electron chi connectivity index (χ1n) is 7.29. The Kier molecular flexibility index (Phi) is 5.27. The summed E-state index contributed by atoms with van der Waals surface area (Å²) in [6.07, 6.45) is 3.80. The van der Waals surface area contributed by atoms with Crippen LogP contribution >= 0.6 is 23.1 Å². The highest BCUT2D eigenvalue weighted by Crippen LogP contribution is 2.23. The number of benzene rings is 2. The van der Waals surface area contributed by atoms with Gasteiger partial charge in [0.15, 0.2) is 0 Å². The second-order valence-electron chi connectivity index (χ2n) is 4.94. The zero-order valence-electron chi connectivity index (χ0n) is 13.3. The molecule has 0 radical (unpaired) electrons. The SMILES string of the molecule is CN=c1scc(-c2ccccc2F)n1/N=C\c1ccc(SC)cc1. The third kappa shape index (κ3) is 3.49. The van der Waals surface area contributed by atoms with Crippen molar-refractivity contribution in [3.63, 3.8) is 0 Å². The summed E-state index contributed by atoms with van der Waals surface area (Å²) in [6, 6.07) is 14.8. The second-order valence-corrected chi connectivity index (χ2v) is 6.65. The minimum atomic E-state index is -0.272. The molecular weight excluding hydrogens is 341 g/mol. The maximum absolute atomic E-state index is 14.1. The van der Waals surface area contributed by atoms with E-state index in [9.17, 15) is 4.39 Å². The van der Waals surface area contributed by atoms with Crippen LogP contribution in [-0.4, -0.2) is 24.2 Å². The van der Waals surface area contributed by atoms with Crippen LogP contribution in [0.15, 0.2) is 68.9 Å². The van der Waals surface area contributed by atoms with E-state index in [1.165, 1.54) is 22.3 Å². The molecule has 1 heterocycles. The molecule has 0 aliphatic carbocycles. The van der Waals surface area contributed by atoms with Gasteiger partial charge in [-0.3, -0.25) is 4.99 Å². The Labute approximate surface area is 148 Å². The summed E-state index contributed by atoms with van der Waals surface area (Å²) in [5.74, 6) is -0.272. The average molecular weight is 357 g/mol. The van der Waals surface area contributed by atoms with Crippen molar-refractivity contribution in [3.8, 4) is 11.3 Å². The van der Waals surface area contributed by atoms with E-state index >= 15 is 0 Å². The number of hydrogen-bond acceptors (Lipinski definition) is 4. The normalized spacial score (nSPS) is 12.2. The van der Waals surface area contributed by atoms with E-state index in [-0.39, 0.29) is 5.82 Å². The predicted molar refractivity (Wildman–Crippen MR) is 100 cm³/mol. The van der Waals surface area contributed by atoms with Gasteiger partial charge < -0.3 is 0 Å². The molecule has 24 heavy (non-hydrogen) atoms. The standard InChI is InChI=1S/C18H16FN3S2/c1-20-18-22(21-11-13-7-9-14(23-2)10-8-13)17(12-24-18)15-5-3-4-6-16(15)19/h3-12H,1-2H3/b20-18?,21-11-. The fourth-order valence-electron chi connectivity index (χ4n) is 2.23. The van der Waals surface area contributed by atoms with E-state index in [0.717, 1.165) is 5.56 Å². The molecule has 6 heteroatoms. The number of rotatable bonds is 4. The summed E-state index contributed by atoms with van der Waals surface area (Å²) in [5, 5.41) is 6.39. The Morgan fingerprint density at radius 1 is 1.12 bits per heavy atom. The zero-order valence-corrected chi connectivity index (χ0v) is 14.9. The monoisotopic (exact) mass is 357 g/mol. The fourth-order valence-corrected chi connectivity index (χ4v) is 3.43. The van der Waals surface area contributed by atoms with Crippen molar-refractivity contribution in [2.24, 2.45) is 10.1 Å². The van der Waals surface area contributed by atoms with Crippen LogP contribution in [0.25, 0.3) is 11.3 Å². The van der Waals surface area contributed by atoms with E-state index in [1.54, 1.807) is 41.8 Å². The molecule has 0 aliphatic heterocycles. The highest BCUT2D eigenvalue weighted by Gasteiger charge is 2.10. The Hall–Kier alpha value is -2.18. The zero-order chi connectivity index (χ0) is 16.9. The van der Waals surface area contributed by atoms with E-state index < -0.39 is 0 Å². The summed E-state index contributed by atoms with van der Waals surface area (Å²) in [6.45, 7) is 0. The van der Waals surface area contributed by atoms with Gasteiger partial charge >= 0.3 is 0 Å². The smallest absolute Gasteiger partial charge is 0.205 e. The minimum absolute atomic E-state index is 0.272. The first kappa shape index (κ1) is 16.7. The van der Waals surface area contributed by atoms with Crippen LogP contribution in [-0.2, 0) is 0 Å². The van der Waals surface area contributed by atoms with Crippen LogP contribution in [0, 0.1) is 5.82 Å². The maximum atomic E-state index is 14.1. The lowest BCUT2D eigenvalue weighted by atomic mass is 10.1. The highest BCUT2D eigenvalue weighted by molar-refractivity contribution is 7.98. The molecule has 0 fully saturated rings. The average Bonchev–Trinajstić information content (AvgIpc) is 3.03. The van der Waals surface area contributed by atoms with Crippen molar-refractivity contribution in [2.75, 3.05) is 13.3 Å². The molecule has 0 saturated heterocycles. The number of thioether (sulfide) groups is 1. The molecule has 3 rings (SSSR count). The van der Waals surface area contributed by atoms with Gasteiger partial charge in [0.25, 0.3) is 0 Å². The summed E-state index contributed by atoms with van der Waals surface area (Å²) in [5.41, 5.74) is 2.18. The molecule has 0 amide bonds. The van der Waals surface area contributed by atoms with Crippen molar-refractivity contribution in [1.82, 2.24) is 4.68 Å². The lowest BCUT2D eigenvalue weighted by Crippen LogP contribution is -2.11. The highest BCUT2D eigenvalue weighted by atomic mass is 32.2. The second kappa shape index (κ2) is 7.59. The Bertz CT molecular complexity index is 924. The van der Waals surface area contributed by atoms with E-state index in [2.05, 4.69) is 10.1 Å². The van der Waals surface area contributed by atoms with Crippen LogP contribution in [0.1, 0.15) is 5.56 Å². The lowest BCUT2D eigenvalue weighted by molar-refractivity contribution is 0.629. The summed E-state index contributed by atoms with van der Waals surface area (Å²) < 4.78 is 15.8. The van der Waals surface area contributed by atoms with E-state index in [1.807, 2.05) is 42.0 Å². The van der Waals surface area contributed by atoms with Gasteiger partial charge in [0.1, 0.15) is 5.82 Å². The van der Waals surface area contributed by atoms with Gasteiger partial charge in [0.05, 0.1) is 11.9 Å². The van der Waals surface area contributed by atoms with Gasteiger partial charge in [0, 0.05) is 22.9 Å². The van der Waals surface area contributed by atoms with Crippen molar-refractivity contribution in [1.29, 1.82) is 0 Å². The predicted octanol–water partition coefficient (Wildman–Crippen LogP) is 4.49.